The van der Waals surface area contributed by atoms with Crippen molar-refractivity contribution in [1.82, 2.24) is 25.1 Å². The van der Waals surface area contributed by atoms with Gasteiger partial charge >= 0.3 is 0 Å². The Hall–Kier alpha value is -4.16. The third-order valence-electron chi connectivity index (χ3n) is 5.45. The molecule has 0 unspecified atom stereocenters. The topological polar surface area (TPSA) is 104 Å². The highest BCUT2D eigenvalue weighted by molar-refractivity contribution is 5.62. The molecule has 4 aromatic rings. The van der Waals surface area contributed by atoms with Gasteiger partial charge < -0.3 is 9.73 Å². The number of aryl methyl sites for hydroxylation is 1. The fourth-order valence-electron chi connectivity index (χ4n) is 3.87. The minimum atomic E-state index is -0.498. The summed E-state index contributed by atoms with van der Waals surface area (Å²) in [5, 5.41) is 20.4. The quantitative estimate of drug-likeness (QED) is 0.493. The zero-order valence-corrected chi connectivity index (χ0v) is 17.9. The van der Waals surface area contributed by atoms with E-state index >= 15 is 0 Å². The van der Waals surface area contributed by atoms with Crippen molar-refractivity contribution in [3.05, 3.63) is 82.9 Å². The number of aromatic nitrogens is 4. The number of nitrogens with one attached hydrogen (secondary N) is 1. The smallest absolute Gasteiger partial charge is 0.247 e. The van der Waals surface area contributed by atoms with E-state index in [1.54, 1.807) is 12.1 Å². The van der Waals surface area contributed by atoms with Crippen LogP contribution in [0.3, 0.4) is 0 Å². The Kier molecular flexibility index (Phi) is 5.50. The van der Waals surface area contributed by atoms with Crippen molar-refractivity contribution < 1.29 is 8.81 Å². The molecule has 0 bridgehead atoms. The molecule has 0 saturated heterocycles. The lowest BCUT2D eigenvalue weighted by molar-refractivity contribution is 0.218. The van der Waals surface area contributed by atoms with E-state index in [-0.39, 0.29) is 11.3 Å². The number of nitriles is 1. The van der Waals surface area contributed by atoms with Gasteiger partial charge in [0.25, 0.3) is 0 Å². The van der Waals surface area contributed by atoms with Crippen LogP contribution in [-0.4, -0.2) is 31.6 Å². The van der Waals surface area contributed by atoms with Gasteiger partial charge in [0.15, 0.2) is 0 Å². The van der Waals surface area contributed by atoms with Gasteiger partial charge in [-0.15, -0.1) is 10.2 Å². The van der Waals surface area contributed by atoms with Gasteiger partial charge in [-0.05, 0) is 43.7 Å². The van der Waals surface area contributed by atoms with Crippen LogP contribution in [0, 0.1) is 24.1 Å². The first-order valence-electron chi connectivity index (χ1n) is 10.5. The second-order valence-corrected chi connectivity index (χ2v) is 7.80. The van der Waals surface area contributed by atoms with E-state index in [2.05, 4.69) is 30.4 Å². The molecule has 0 amide bonds. The van der Waals surface area contributed by atoms with Crippen molar-refractivity contribution in [2.75, 3.05) is 11.9 Å². The Morgan fingerprint density at radius 2 is 2.00 bits per heavy atom. The van der Waals surface area contributed by atoms with Crippen LogP contribution in [0.1, 0.15) is 28.5 Å². The number of benzene rings is 2. The summed E-state index contributed by atoms with van der Waals surface area (Å²) in [6, 6.07) is 15.9. The predicted octanol–water partition coefficient (Wildman–Crippen LogP) is 4.15. The Bertz CT molecular complexity index is 1350. The molecule has 0 radical (unpaired) electrons. The highest BCUT2D eigenvalue weighted by atomic mass is 19.1. The Morgan fingerprint density at radius 1 is 1.15 bits per heavy atom. The first-order chi connectivity index (χ1) is 16.1. The summed E-state index contributed by atoms with van der Waals surface area (Å²) in [6.07, 6.45) is 0.690. The van der Waals surface area contributed by atoms with Crippen molar-refractivity contribution >= 4 is 11.5 Å². The minimum Gasteiger partial charge on any atom is -0.419 e. The van der Waals surface area contributed by atoms with Crippen LogP contribution < -0.4 is 5.32 Å². The van der Waals surface area contributed by atoms with Crippen molar-refractivity contribution in [2.45, 2.75) is 26.4 Å². The normalized spacial score (nSPS) is 13.4. The van der Waals surface area contributed by atoms with Gasteiger partial charge in [-0.2, -0.15) is 5.26 Å². The maximum absolute atomic E-state index is 14.4. The molecule has 33 heavy (non-hydrogen) atoms. The minimum absolute atomic E-state index is 0.269. The van der Waals surface area contributed by atoms with E-state index in [4.69, 9.17) is 9.68 Å². The lowest BCUT2D eigenvalue weighted by Crippen LogP contribution is -2.32. The lowest BCUT2D eigenvalue weighted by atomic mass is 10.0. The molecule has 2 aromatic heterocycles. The van der Waals surface area contributed by atoms with E-state index in [0.29, 0.717) is 42.9 Å². The van der Waals surface area contributed by atoms with Crippen molar-refractivity contribution in [3.8, 4) is 17.5 Å². The van der Waals surface area contributed by atoms with Gasteiger partial charge in [0, 0.05) is 24.2 Å². The molecule has 0 aliphatic carbocycles. The summed E-state index contributed by atoms with van der Waals surface area (Å²) in [5.74, 6) is 1.72. The fourth-order valence-corrected chi connectivity index (χ4v) is 3.87. The highest BCUT2D eigenvalue weighted by Gasteiger charge is 2.24. The standard InChI is InChI=1S/C24H20FN7O/c1-15-27-21-13-32(14-22-30-31-24(33-22)17-5-3-2-4-6-17)10-9-18(21)23(28-15)29-20-8-7-16(12-26)11-19(20)25/h2-8,11H,9-10,13-14H2,1H3,(H,27,28,29). The zero-order chi connectivity index (χ0) is 22.8. The number of hydrogen-bond donors (Lipinski definition) is 1. The maximum Gasteiger partial charge on any atom is 0.247 e. The average molecular weight is 441 g/mol. The zero-order valence-electron chi connectivity index (χ0n) is 17.9. The summed E-state index contributed by atoms with van der Waals surface area (Å²) >= 11 is 0. The van der Waals surface area contributed by atoms with Crippen LogP contribution in [0.25, 0.3) is 11.5 Å². The Balaban J connectivity index is 1.33. The number of hydrogen-bond acceptors (Lipinski definition) is 8. The number of rotatable bonds is 5. The maximum atomic E-state index is 14.4. The number of halogens is 1. The van der Waals surface area contributed by atoms with Crippen LogP contribution in [-0.2, 0) is 19.5 Å². The molecule has 3 heterocycles. The summed E-state index contributed by atoms with van der Waals surface area (Å²) in [6.45, 7) is 3.65. The van der Waals surface area contributed by atoms with Crippen LogP contribution >= 0.6 is 0 Å². The van der Waals surface area contributed by atoms with Crippen LogP contribution in [0.2, 0.25) is 0 Å². The van der Waals surface area contributed by atoms with Crippen LogP contribution in [0.4, 0.5) is 15.9 Å². The first kappa shape index (κ1) is 20.7. The average Bonchev–Trinajstić information content (AvgIpc) is 3.29. The molecular formula is C24H20FN7O. The largest absolute Gasteiger partial charge is 0.419 e. The highest BCUT2D eigenvalue weighted by Crippen LogP contribution is 2.28. The van der Waals surface area contributed by atoms with E-state index in [1.165, 1.54) is 6.07 Å². The van der Waals surface area contributed by atoms with E-state index < -0.39 is 5.82 Å². The molecular weight excluding hydrogens is 421 g/mol. The van der Waals surface area contributed by atoms with Gasteiger partial charge in [0.05, 0.1) is 29.6 Å². The molecule has 0 spiro atoms. The first-order valence-corrected chi connectivity index (χ1v) is 10.5. The summed E-state index contributed by atoms with van der Waals surface area (Å²) in [7, 11) is 0. The molecule has 9 heteroatoms. The van der Waals surface area contributed by atoms with Gasteiger partial charge in [-0.3, -0.25) is 4.90 Å². The second-order valence-electron chi connectivity index (χ2n) is 7.80. The van der Waals surface area contributed by atoms with Gasteiger partial charge in [-0.1, -0.05) is 18.2 Å². The molecule has 8 nitrogen and oxygen atoms in total. The molecule has 1 aliphatic rings. The molecule has 2 aromatic carbocycles. The van der Waals surface area contributed by atoms with Crippen LogP contribution in [0.15, 0.2) is 52.9 Å². The lowest BCUT2D eigenvalue weighted by Gasteiger charge is -2.28. The molecule has 1 N–H and O–H groups in total. The predicted molar refractivity (Wildman–Crippen MR) is 119 cm³/mol. The van der Waals surface area contributed by atoms with Crippen molar-refractivity contribution in [2.24, 2.45) is 0 Å². The number of nitrogens with zero attached hydrogens (tertiary/aromatic N) is 6. The second kappa shape index (κ2) is 8.76. The van der Waals surface area contributed by atoms with Crippen LogP contribution in [0.5, 0.6) is 0 Å². The van der Waals surface area contributed by atoms with Gasteiger partial charge in [0.1, 0.15) is 17.5 Å². The Labute approximate surface area is 189 Å². The van der Waals surface area contributed by atoms with Gasteiger partial charge in [0.2, 0.25) is 11.8 Å². The van der Waals surface area contributed by atoms with E-state index in [9.17, 15) is 4.39 Å². The summed E-state index contributed by atoms with van der Waals surface area (Å²) in [5.41, 5.74) is 3.26. The fraction of sp³-hybridized carbons (Fsp3) is 0.208. The molecule has 164 valence electrons. The monoisotopic (exact) mass is 441 g/mol. The number of anilines is 2. The molecule has 0 atom stereocenters. The summed E-state index contributed by atoms with van der Waals surface area (Å²) in [4.78, 5) is 11.3. The van der Waals surface area contributed by atoms with Gasteiger partial charge in [-0.25, -0.2) is 14.4 Å². The van der Waals surface area contributed by atoms with E-state index in [1.807, 2.05) is 43.3 Å². The number of fused-ring (bicyclic) bond motifs is 1. The third kappa shape index (κ3) is 4.42. The molecule has 1 aliphatic heterocycles. The van der Waals surface area contributed by atoms with E-state index in [0.717, 1.165) is 23.4 Å². The molecule has 0 fully saturated rings. The summed E-state index contributed by atoms with van der Waals surface area (Å²) < 4.78 is 20.2. The third-order valence-corrected chi connectivity index (χ3v) is 5.45. The molecule has 5 rings (SSSR count). The SMILES string of the molecule is Cc1nc2c(c(Nc3ccc(C#N)cc3F)n1)CCN(Cc1nnc(-c3ccccc3)o1)C2. The Morgan fingerprint density at radius 3 is 2.79 bits per heavy atom. The van der Waals surface area contributed by atoms with Crippen molar-refractivity contribution in [3.63, 3.8) is 0 Å². The molecule has 0 saturated carbocycles. The van der Waals surface area contributed by atoms with Crippen molar-refractivity contribution in [1.29, 1.82) is 5.26 Å².